The maximum atomic E-state index is 12.5. The van der Waals surface area contributed by atoms with Gasteiger partial charge in [0.1, 0.15) is 0 Å². The second kappa shape index (κ2) is 9.42. The van der Waals surface area contributed by atoms with Crippen LogP contribution in [0.15, 0.2) is 24.3 Å². The number of hydrogen-bond donors (Lipinski definition) is 2. The number of likely N-dealkylation sites (tertiary alicyclic amines) is 1. The van der Waals surface area contributed by atoms with Gasteiger partial charge in [-0.2, -0.15) is 0 Å². The lowest BCUT2D eigenvalue weighted by molar-refractivity contribution is -0.118. The molecule has 1 aromatic rings. The van der Waals surface area contributed by atoms with Crippen molar-refractivity contribution in [2.45, 2.75) is 52.2 Å². The second-order valence-electron chi connectivity index (χ2n) is 6.95. The third-order valence-electron chi connectivity index (χ3n) is 4.37. The van der Waals surface area contributed by atoms with Gasteiger partial charge in [-0.05, 0) is 56.7 Å². The van der Waals surface area contributed by atoms with Gasteiger partial charge in [0.25, 0.3) is 0 Å². The quantitative estimate of drug-likeness (QED) is 0.795. The summed E-state index contributed by atoms with van der Waals surface area (Å²) in [4.78, 5) is 25.3. The monoisotopic (exact) mass is 347 g/mol. The number of urea groups is 1. The molecule has 138 valence electrons. The van der Waals surface area contributed by atoms with Crippen LogP contribution in [-0.4, -0.2) is 36.0 Å². The highest BCUT2D eigenvalue weighted by molar-refractivity contribution is 5.89. The van der Waals surface area contributed by atoms with Crippen molar-refractivity contribution in [1.82, 2.24) is 4.90 Å². The van der Waals surface area contributed by atoms with E-state index in [-0.39, 0.29) is 18.0 Å². The number of carbonyl (C=O) groups is 2. The van der Waals surface area contributed by atoms with Crippen molar-refractivity contribution in [2.75, 3.05) is 18.4 Å². The van der Waals surface area contributed by atoms with E-state index in [0.29, 0.717) is 25.5 Å². The van der Waals surface area contributed by atoms with E-state index in [1.807, 2.05) is 43.0 Å². The van der Waals surface area contributed by atoms with Crippen LogP contribution in [-0.2, 0) is 16.1 Å². The standard InChI is InChI=1S/C19H29N3O3/c1-14(2)25-13-16-5-3-7-17(11-16)21-19(24)22-10-4-6-15(12-22)8-9-18(20)23/h3,5,7,11,14-15H,4,6,8-10,12-13H2,1-2H3,(H2,20,23)(H,21,24). The zero-order valence-electron chi connectivity index (χ0n) is 15.2. The average Bonchev–Trinajstić information content (AvgIpc) is 2.59. The molecule has 0 spiro atoms. The first kappa shape index (κ1) is 19.2. The van der Waals surface area contributed by atoms with Crippen LogP contribution in [0.4, 0.5) is 10.5 Å². The highest BCUT2D eigenvalue weighted by atomic mass is 16.5. The third kappa shape index (κ3) is 6.74. The number of benzene rings is 1. The van der Waals surface area contributed by atoms with E-state index in [2.05, 4.69) is 5.32 Å². The molecular formula is C19H29N3O3. The summed E-state index contributed by atoms with van der Waals surface area (Å²) in [5, 5.41) is 2.96. The van der Waals surface area contributed by atoms with Crippen LogP contribution >= 0.6 is 0 Å². The van der Waals surface area contributed by atoms with Gasteiger partial charge in [-0.15, -0.1) is 0 Å². The number of nitrogens with zero attached hydrogens (tertiary/aromatic N) is 1. The first-order chi connectivity index (χ1) is 11.9. The Morgan fingerprint density at radius 3 is 2.92 bits per heavy atom. The molecule has 0 saturated carbocycles. The number of rotatable bonds is 7. The van der Waals surface area contributed by atoms with E-state index in [1.165, 1.54) is 0 Å². The summed E-state index contributed by atoms with van der Waals surface area (Å²) in [6.45, 7) is 5.94. The number of ether oxygens (including phenoxy) is 1. The number of amides is 3. The molecule has 0 bridgehead atoms. The number of hydrogen-bond acceptors (Lipinski definition) is 3. The molecule has 0 radical (unpaired) electrons. The van der Waals surface area contributed by atoms with E-state index >= 15 is 0 Å². The third-order valence-corrected chi connectivity index (χ3v) is 4.37. The van der Waals surface area contributed by atoms with E-state index in [9.17, 15) is 9.59 Å². The Bertz CT molecular complexity index is 589. The predicted molar refractivity (Wildman–Crippen MR) is 98.1 cm³/mol. The Morgan fingerprint density at radius 1 is 1.40 bits per heavy atom. The molecule has 1 atom stereocenters. The summed E-state index contributed by atoms with van der Waals surface area (Å²) < 4.78 is 5.60. The fraction of sp³-hybridized carbons (Fsp3) is 0.579. The number of piperidine rings is 1. The summed E-state index contributed by atoms with van der Waals surface area (Å²) in [7, 11) is 0. The van der Waals surface area contributed by atoms with Crippen molar-refractivity contribution in [1.29, 1.82) is 0 Å². The summed E-state index contributed by atoms with van der Waals surface area (Å²) >= 11 is 0. The van der Waals surface area contributed by atoms with E-state index < -0.39 is 0 Å². The normalized spacial score (nSPS) is 17.6. The van der Waals surface area contributed by atoms with E-state index in [0.717, 1.165) is 37.1 Å². The highest BCUT2D eigenvalue weighted by Crippen LogP contribution is 2.22. The molecule has 6 heteroatoms. The lowest BCUT2D eigenvalue weighted by Crippen LogP contribution is -2.42. The van der Waals surface area contributed by atoms with Gasteiger partial charge in [-0.1, -0.05) is 12.1 Å². The summed E-state index contributed by atoms with van der Waals surface area (Å²) in [5.74, 6) is 0.0692. The lowest BCUT2D eigenvalue weighted by atomic mass is 9.93. The van der Waals surface area contributed by atoms with Crippen molar-refractivity contribution in [3.05, 3.63) is 29.8 Å². The molecule has 1 heterocycles. The number of anilines is 1. The number of primary amides is 1. The number of carbonyl (C=O) groups excluding carboxylic acids is 2. The van der Waals surface area contributed by atoms with Crippen molar-refractivity contribution in [2.24, 2.45) is 11.7 Å². The van der Waals surface area contributed by atoms with Crippen molar-refractivity contribution >= 4 is 17.6 Å². The second-order valence-corrected chi connectivity index (χ2v) is 6.95. The Balaban J connectivity index is 1.88. The molecule has 1 aliphatic rings. The Hall–Kier alpha value is -2.08. The Kier molecular flexibility index (Phi) is 7.25. The van der Waals surface area contributed by atoms with Gasteiger partial charge in [-0.3, -0.25) is 4.79 Å². The van der Waals surface area contributed by atoms with Crippen LogP contribution in [0.25, 0.3) is 0 Å². The lowest BCUT2D eigenvalue weighted by Gasteiger charge is -2.32. The zero-order valence-corrected chi connectivity index (χ0v) is 15.2. The number of nitrogens with two attached hydrogens (primary N) is 1. The van der Waals surface area contributed by atoms with Gasteiger partial charge in [0.15, 0.2) is 0 Å². The van der Waals surface area contributed by atoms with Crippen molar-refractivity contribution < 1.29 is 14.3 Å². The average molecular weight is 347 g/mol. The molecule has 0 aliphatic carbocycles. The SMILES string of the molecule is CC(C)OCc1cccc(NC(=O)N2CCCC(CCC(N)=O)C2)c1. The molecule has 2 rings (SSSR count). The maximum Gasteiger partial charge on any atom is 0.321 e. The molecule has 3 amide bonds. The van der Waals surface area contributed by atoms with Crippen molar-refractivity contribution in [3.8, 4) is 0 Å². The minimum absolute atomic E-state index is 0.0919. The Labute approximate surface area is 149 Å². The molecular weight excluding hydrogens is 318 g/mol. The molecule has 25 heavy (non-hydrogen) atoms. The molecule has 6 nitrogen and oxygen atoms in total. The summed E-state index contributed by atoms with van der Waals surface area (Å²) in [5.41, 5.74) is 7.03. The van der Waals surface area contributed by atoms with Gasteiger partial charge in [0, 0.05) is 25.2 Å². The molecule has 1 saturated heterocycles. The maximum absolute atomic E-state index is 12.5. The molecule has 1 fully saturated rings. The first-order valence-electron chi connectivity index (χ1n) is 8.99. The molecule has 0 aromatic heterocycles. The first-order valence-corrected chi connectivity index (χ1v) is 8.99. The molecule has 1 aromatic carbocycles. The molecule has 1 aliphatic heterocycles. The minimum atomic E-state index is -0.276. The fourth-order valence-electron chi connectivity index (χ4n) is 3.04. The van der Waals surface area contributed by atoms with Gasteiger partial charge in [0.2, 0.25) is 5.91 Å². The van der Waals surface area contributed by atoms with Crippen LogP contribution in [0.1, 0.15) is 45.1 Å². The minimum Gasteiger partial charge on any atom is -0.374 e. The topological polar surface area (TPSA) is 84.7 Å². The van der Waals surface area contributed by atoms with Crippen LogP contribution in [0.5, 0.6) is 0 Å². The van der Waals surface area contributed by atoms with Crippen LogP contribution < -0.4 is 11.1 Å². The number of nitrogens with one attached hydrogen (secondary N) is 1. The molecule has 1 unspecified atom stereocenters. The summed E-state index contributed by atoms with van der Waals surface area (Å²) in [6.07, 6.45) is 3.31. The van der Waals surface area contributed by atoms with Gasteiger partial charge in [0.05, 0.1) is 12.7 Å². The van der Waals surface area contributed by atoms with E-state index in [1.54, 1.807) is 0 Å². The van der Waals surface area contributed by atoms with Crippen LogP contribution in [0.2, 0.25) is 0 Å². The summed E-state index contributed by atoms with van der Waals surface area (Å²) in [6, 6.07) is 7.63. The van der Waals surface area contributed by atoms with Gasteiger partial charge < -0.3 is 20.7 Å². The zero-order chi connectivity index (χ0) is 18.2. The highest BCUT2D eigenvalue weighted by Gasteiger charge is 2.23. The van der Waals surface area contributed by atoms with Crippen molar-refractivity contribution in [3.63, 3.8) is 0 Å². The largest absolute Gasteiger partial charge is 0.374 e. The molecule has 3 N–H and O–H groups in total. The predicted octanol–water partition coefficient (Wildman–Crippen LogP) is 3.12. The van der Waals surface area contributed by atoms with Crippen LogP contribution in [0.3, 0.4) is 0 Å². The van der Waals surface area contributed by atoms with Gasteiger partial charge in [-0.25, -0.2) is 4.79 Å². The smallest absolute Gasteiger partial charge is 0.321 e. The van der Waals surface area contributed by atoms with Crippen LogP contribution in [0, 0.1) is 5.92 Å². The fourth-order valence-corrected chi connectivity index (χ4v) is 3.04. The Morgan fingerprint density at radius 2 is 2.20 bits per heavy atom. The van der Waals surface area contributed by atoms with E-state index in [4.69, 9.17) is 10.5 Å². The van der Waals surface area contributed by atoms with Gasteiger partial charge >= 0.3 is 6.03 Å².